The molecule has 0 bridgehead atoms. The molecule has 1 aliphatic rings. The smallest absolute Gasteiger partial charge is 0.344 e. The number of esters is 2. The Hall–Kier alpha value is -4.37. The fourth-order valence-electron chi connectivity index (χ4n) is 8.11. The van der Waals surface area contributed by atoms with Crippen LogP contribution in [0.5, 0.6) is 0 Å². The molecular weight excluding hydrogens is 1000 g/mol. The fraction of sp³-hybridized carbons (Fsp3) is 0.204. The van der Waals surface area contributed by atoms with Crippen LogP contribution < -0.4 is 0 Å². The molecule has 8 aromatic rings. The molecule has 6 nitrogen and oxygen atoms in total. The number of aromatic carboxylic acids is 1. The van der Waals surface area contributed by atoms with E-state index in [0.717, 1.165) is 53.0 Å². The van der Waals surface area contributed by atoms with Crippen LogP contribution >= 0.6 is 68.9 Å². The average molecular weight is 1050 g/mol. The molecule has 0 spiro atoms. The molecule has 0 saturated heterocycles. The van der Waals surface area contributed by atoms with E-state index in [2.05, 4.69) is 111 Å². The second-order valence-electron chi connectivity index (χ2n) is 14.7. The fourth-order valence-corrected chi connectivity index (χ4v) is 13.2. The van der Waals surface area contributed by atoms with Crippen LogP contribution in [0.1, 0.15) is 70.9 Å². The molecule has 6 aromatic carbocycles. The molecule has 1 saturated carbocycles. The maximum absolute atomic E-state index is 12.9. The van der Waals surface area contributed by atoms with Crippen molar-refractivity contribution in [1.29, 1.82) is 0 Å². The Morgan fingerprint density at radius 1 is 0.593 bits per heavy atom. The summed E-state index contributed by atoms with van der Waals surface area (Å²) < 4.78 is 16.2. The van der Waals surface area contributed by atoms with Crippen molar-refractivity contribution >= 4 is 127 Å². The summed E-state index contributed by atoms with van der Waals surface area (Å²) in [7, 11) is -0.544. The zero-order valence-electron chi connectivity index (χ0n) is 33.1. The number of thiophene rings is 2. The van der Waals surface area contributed by atoms with Gasteiger partial charge in [-0.1, -0.05) is 67.6 Å². The summed E-state index contributed by atoms with van der Waals surface area (Å²) in [6.07, 6.45) is 4.70. The van der Waals surface area contributed by atoms with E-state index in [9.17, 15) is 19.5 Å². The molecule has 0 radical (unpaired) electrons. The van der Waals surface area contributed by atoms with E-state index in [4.69, 9.17) is 9.47 Å². The third-order valence-corrected chi connectivity index (χ3v) is 16.1. The van der Waals surface area contributed by atoms with E-state index < -0.39 is 17.9 Å². The molecule has 0 atom stereocenters. The lowest BCUT2D eigenvalue weighted by atomic mass is 9.99. The van der Waals surface area contributed by atoms with Gasteiger partial charge in [-0.25, -0.2) is 14.4 Å². The molecular formula is C49H46I2O6S2+2. The van der Waals surface area contributed by atoms with Gasteiger partial charge in [-0.15, -0.1) is 48.0 Å². The minimum atomic E-state index is -0.879. The third-order valence-electron chi connectivity index (χ3n) is 11.1. The standard InChI is InChI=1S/C29H29O4S.C20H14O2S.2HI/c1-3-29(16-8-9-17-29)33-27(30)19-32-28(31)21-15-14-20(2)26(18-21)34-24-12-6-4-10-22(24)23-11-5-7-13-25(23)34;1-13-10-11-14(20(21)22)12-19(13)23-17-8-4-2-6-15(17)16-7-3-5-9-18(16)23;;/h4-7,10-15,18H,3,8-9,16-17,19H2,1-2H3;2-12H,1H3;2*1H/q+1;;;/p+1. The zero-order valence-corrected chi connectivity index (χ0v) is 39.4. The van der Waals surface area contributed by atoms with Gasteiger partial charge in [0.2, 0.25) is 0 Å². The van der Waals surface area contributed by atoms with E-state index in [1.807, 2.05) is 31.2 Å². The van der Waals surface area contributed by atoms with Crippen molar-refractivity contribution in [2.24, 2.45) is 0 Å². The van der Waals surface area contributed by atoms with Crippen LogP contribution in [0.4, 0.5) is 0 Å². The number of benzene rings is 6. The molecule has 59 heavy (non-hydrogen) atoms. The highest BCUT2D eigenvalue weighted by atomic mass is 127. The second kappa shape index (κ2) is 18.9. The average Bonchev–Trinajstić information content (AvgIpc) is 3.94. The maximum atomic E-state index is 12.9. The van der Waals surface area contributed by atoms with Crippen LogP contribution in [-0.2, 0) is 14.3 Å². The van der Waals surface area contributed by atoms with Crippen LogP contribution in [0.3, 0.4) is 0 Å². The highest BCUT2D eigenvalue weighted by molar-refractivity contribution is 14.0. The Morgan fingerprint density at radius 2 is 0.983 bits per heavy atom. The summed E-state index contributed by atoms with van der Waals surface area (Å²) in [4.78, 5) is 38.9. The first-order valence-electron chi connectivity index (χ1n) is 19.4. The number of hydrogen-bond donors (Lipinski definition) is 1. The lowest BCUT2D eigenvalue weighted by Crippen LogP contribution is -2.33. The number of carboxylic acid groups (broad SMARTS) is 1. The van der Waals surface area contributed by atoms with Crippen molar-refractivity contribution in [2.75, 3.05) is 6.61 Å². The minimum Gasteiger partial charge on any atom is -0.478 e. The monoisotopic (exact) mass is 1050 g/mol. The van der Waals surface area contributed by atoms with Gasteiger partial charge >= 0.3 is 17.9 Å². The third kappa shape index (κ3) is 8.78. The number of aryl methyl sites for hydroxylation is 2. The minimum absolute atomic E-state index is 0. The summed E-state index contributed by atoms with van der Waals surface area (Å²) in [6.45, 7) is 5.81. The Kier molecular flexibility index (Phi) is 14.2. The molecule has 0 aliphatic heterocycles. The number of carboxylic acids is 1. The maximum Gasteiger partial charge on any atom is 0.344 e. The van der Waals surface area contributed by atoms with Crippen molar-refractivity contribution < 1.29 is 29.0 Å². The topological polar surface area (TPSA) is 89.9 Å². The van der Waals surface area contributed by atoms with Crippen molar-refractivity contribution in [3.63, 3.8) is 0 Å². The summed E-state index contributed by atoms with van der Waals surface area (Å²) in [6, 6.07) is 44.9. The van der Waals surface area contributed by atoms with Gasteiger partial charge < -0.3 is 14.6 Å². The van der Waals surface area contributed by atoms with Gasteiger partial charge in [-0.2, -0.15) is 0 Å². The largest absolute Gasteiger partial charge is 0.478 e. The first-order chi connectivity index (χ1) is 27.7. The van der Waals surface area contributed by atoms with Crippen LogP contribution in [0.25, 0.3) is 50.1 Å². The Labute approximate surface area is 383 Å². The quantitative estimate of drug-likeness (QED) is 0.0926. The molecule has 10 heteroatoms. The van der Waals surface area contributed by atoms with Gasteiger partial charge in [0.05, 0.1) is 11.1 Å². The van der Waals surface area contributed by atoms with Gasteiger partial charge in [0.25, 0.3) is 0 Å². The summed E-state index contributed by atoms with van der Waals surface area (Å²) in [5.74, 6) is -1.85. The van der Waals surface area contributed by atoms with E-state index >= 15 is 0 Å². The lowest BCUT2D eigenvalue weighted by Gasteiger charge is -2.27. The number of rotatable bonds is 8. The second-order valence-corrected chi connectivity index (χ2v) is 18.5. The van der Waals surface area contributed by atoms with Crippen LogP contribution in [-0.4, -0.2) is 35.2 Å². The molecule has 1 fully saturated rings. The van der Waals surface area contributed by atoms with Gasteiger partial charge in [0, 0.05) is 65.7 Å². The molecule has 2 aromatic heterocycles. The summed E-state index contributed by atoms with van der Waals surface area (Å²) in [5.41, 5.74) is 2.67. The number of fused-ring (bicyclic) bond motifs is 6. The number of ether oxygens (including phenoxy) is 2. The van der Waals surface area contributed by atoms with Gasteiger partial charge in [-0.3, -0.25) is 0 Å². The molecule has 0 unspecified atom stereocenters. The number of hydrogen-bond acceptors (Lipinski definition) is 5. The van der Waals surface area contributed by atoms with Gasteiger partial charge in [0.15, 0.2) is 35.2 Å². The van der Waals surface area contributed by atoms with Crippen molar-refractivity contribution in [2.45, 2.75) is 58.5 Å². The predicted molar refractivity (Wildman–Crippen MR) is 266 cm³/mol. The van der Waals surface area contributed by atoms with Crippen molar-refractivity contribution in [1.82, 2.24) is 0 Å². The predicted octanol–water partition coefficient (Wildman–Crippen LogP) is 14.4. The zero-order chi connectivity index (χ0) is 39.7. The number of halogens is 2. The molecule has 302 valence electrons. The highest BCUT2D eigenvalue weighted by Crippen LogP contribution is 2.51. The number of carbonyl (C=O) groups is 3. The van der Waals surface area contributed by atoms with Gasteiger partial charge in [-0.05, 0) is 107 Å². The van der Waals surface area contributed by atoms with Crippen molar-refractivity contribution in [3.05, 3.63) is 156 Å². The Balaban J connectivity index is 0.000000205. The Bertz CT molecular complexity index is 2730. The molecule has 1 N–H and O–H groups in total. The van der Waals surface area contributed by atoms with E-state index in [1.54, 1.807) is 12.1 Å². The molecule has 0 amide bonds. The summed E-state index contributed by atoms with van der Waals surface area (Å²) >= 11 is 0. The number of carbonyl (C=O) groups excluding carboxylic acids is 2. The van der Waals surface area contributed by atoms with Crippen LogP contribution in [0, 0.1) is 13.8 Å². The van der Waals surface area contributed by atoms with Crippen molar-refractivity contribution in [3.8, 4) is 9.79 Å². The van der Waals surface area contributed by atoms with E-state index in [-0.39, 0.29) is 81.1 Å². The summed E-state index contributed by atoms with van der Waals surface area (Å²) in [5, 5.41) is 14.3. The first-order valence-corrected chi connectivity index (χ1v) is 21.8. The molecule has 2 heterocycles. The van der Waals surface area contributed by atoms with Crippen LogP contribution in [0.15, 0.2) is 133 Å². The molecule has 1 aliphatic carbocycles. The van der Waals surface area contributed by atoms with E-state index in [0.29, 0.717) is 11.1 Å². The Morgan fingerprint density at radius 3 is 1.39 bits per heavy atom. The normalized spacial score (nSPS) is 13.0. The molecule has 9 rings (SSSR count). The van der Waals surface area contributed by atoms with E-state index in [1.165, 1.54) is 40.3 Å². The lowest BCUT2D eigenvalue weighted by molar-refractivity contribution is -0.163. The van der Waals surface area contributed by atoms with Crippen LogP contribution in [0.2, 0.25) is 0 Å². The first kappa shape index (κ1) is 44.2. The highest BCUT2D eigenvalue weighted by Gasteiger charge is 2.36. The van der Waals surface area contributed by atoms with Gasteiger partial charge in [0.1, 0.15) is 5.60 Å². The SMILES string of the molecule is CCC1(OC(=O)COC(=O)c2ccc(C)c(-[s+]3c4ccccc4c4ccccc43)c2)CCCC1.Cc1ccc(C(=O)O)cc1-[s+]1c2ccccc2c2ccccc21.I.I.